The molecule has 5 heteroatoms. The van der Waals surface area contributed by atoms with E-state index in [2.05, 4.69) is 20.5 Å². The van der Waals surface area contributed by atoms with E-state index in [9.17, 15) is 0 Å². The molecule has 3 fully saturated rings. The molecule has 3 aliphatic rings. The topological polar surface area (TPSA) is 48.9 Å². The number of fused-ring (bicyclic) bond motifs is 2. The number of nitrogens with zero attached hydrogens (tertiary/aromatic N) is 2. The molecule has 19 heavy (non-hydrogen) atoms. The maximum absolute atomic E-state index is 5.86. The van der Waals surface area contributed by atoms with E-state index in [4.69, 9.17) is 4.74 Å². The summed E-state index contributed by atoms with van der Waals surface area (Å²) in [5.41, 5.74) is 0. The molecule has 5 nitrogen and oxygen atoms in total. The molecule has 0 saturated carbocycles. The zero-order valence-electron chi connectivity index (χ0n) is 11.9. The van der Waals surface area contributed by atoms with Gasteiger partial charge in [0, 0.05) is 20.1 Å². The van der Waals surface area contributed by atoms with Crippen molar-refractivity contribution in [3.05, 3.63) is 0 Å². The van der Waals surface area contributed by atoms with Crippen molar-refractivity contribution in [3.63, 3.8) is 0 Å². The van der Waals surface area contributed by atoms with Crippen LogP contribution in [0.25, 0.3) is 0 Å². The summed E-state index contributed by atoms with van der Waals surface area (Å²) in [6.07, 6.45) is 7.19. The molecule has 0 amide bonds. The van der Waals surface area contributed by atoms with Gasteiger partial charge in [0.1, 0.15) is 0 Å². The Morgan fingerprint density at radius 3 is 2.79 bits per heavy atom. The molecule has 3 aliphatic heterocycles. The molecule has 0 aromatic heterocycles. The highest BCUT2D eigenvalue weighted by Crippen LogP contribution is 2.34. The standard InChI is InChI=1S/C14H26N4O/c1-15-14(16-6-9-18-7-2-3-8-18)17-12-10-11-4-5-13(12)19-11/h11-13H,2-10H2,1H3,(H2,15,16,17). The van der Waals surface area contributed by atoms with Gasteiger partial charge in [0.25, 0.3) is 0 Å². The van der Waals surface area contributed by atoms with Gasteiger partial charge in [-0.2, -0.15) is 0 Å². The summed E-state index contributed by atoms with van der Waals surface area (Å²) >= 11 is 0. The molecule has 0 spiro atoms. The average Bonchev–Trinajstić information content (AvgIpc) is 3.14. The minimum Gasteiger partial charge on any atom is -0.373 e. The minimum absolute atomic E-state index is 0.405. The summed E-state index contributed by atoms with van der Waals surface area (Å²) in [6.45, 7) is 4.61. The number of hydrogen-bond acceptors (Lipinski definition) is 3. The van der Waals surface area contributed by atoms with Crippen LogP contribution in [0.2, 0.25) is 0 Å². The Bertz CT molecular complexity index is 327. The summed E-state index contributed by atoms with van der Waals surface area (Å²) < 4.78 is 5.86. The van der Waals surface area contributed by atoms with Crippen LogP contribution in [0.5, 0.6) is 0 Å². The average molecular weight is 266 g/mol. The van der Waals surface area contributed by atoms with Crippen LogP contribution in [0.4, 0.5) is 0 Å². The van der Waals surface area contributed by atoms with E-state index in [1.54, 1.807) is 0 Å². The van der Waals surface area contributed by atoms with Crippen molar-refractivity contribution in [2.24, 2.45) is 4.99 Å². The molecule has 2 N–H and O–H groups in total. The van der Waals surface area contributed by atoms with Gasteiger partial charge in [-0.15, -0.1) is 0 Å². The molecule has 0 aromatic carbocycles. The summed E-state index contributed by atoms with van der Waals surface area (Å²) in [4.78, 5) is 6.83. The van der Waals surface area contributed by atoms with Gasteiger partial charge in [-0.3, -0.25) is 4.99 Å². The van der Waals surface area contributed by atoms with Crippen LogP contribution >= 0.6 is 0 Å². The molecular formula is C14H26N4O. The summed E-state index contributed by atoms with van der Waals surface area (Å²) in [7, 11) is 1.85. The molecule has 3 atom stereocenters. The first-order valence-electron chi connectivity index (χ1n) is 7.70. The van der Waals surface area contributed by atoms with Crippen molar-refractivity contribution < 1.29 is 4.74 Å². The predicted molar refractivity (Wildman–Crippen MR) is 76.5 cm³/mol. The fourth-order valence-corrected chi connectivity index (χ4v) is 3.50. The van der Waals surface area contributed by atoms with Crippen LogP contribution in [-0.2, 0) is 4.74 Å². The largest absolute Gasteiger partial charge is 0.373 e. The number of rotatable bonds is 4. The lowest BCUT2D eigenvalue weighted by molar-refractivity contribution is 0.0992. The maximum Gasteiger partial charge on any atom is 0.191 e. The Labute approximate surface area is 115 Å². The second-order valence-corrected chi connectivity index (χ2v) is 5.91. The molecule has 3 heterocycles. The van der Waals surface area contributed by atoms with E-state index < -0.39 is 0 Å². The molecular weight excluding hydrogens is 240 g/mol. The van der Waals surface area contributed by atoms with Gasteiger partial charge >= 0.3 is 0 Å². The number of likely N-dealkylation sites (tertiary alicyclic amines) is 1. The van der Waals surface area contributed by atoms with E-state index >= 15 is 0 Å². The summed E-state index contributed by atoms with van der Waals surface area (Å²) in [5.74, 6) is 0.931. The fraction of sp³-hybridized carbons (Fsp3) is 0.929. The van der Waals surface area contributed by atoms with Gasteiger partial charge in [-0.1, -0.05) is 0 Å². The van der Waals surface area contributed by atoms with Gasteiger partial charge in [0.2, 0.25) is 0 Å². The normalized spacial score (nSPS) is 35.0. The van der Waals surface area contributed by atoms with Gasteiger partial charge < -0.3 is 20.3 Å². The van der Waals surface area contributed by atoms with Crippen LogP contribution in [-0.4, -0.2) is 62.3 Å². The quantitative estimate of drug-likeness (QED) is 0.577. The Morgan fingerprint density at radius 2 is 2.16 bits per heavy atom. The highest BCUT2D eigenvalue weighted by molar-refractivity contribution is 5.80. The lowest BCUT2D eigenvalue weighted by Crippen LogP contribution is -2.48. The van der Waals surface area contributed by atoms with Gasteiger partial charge in [0.05, 0.1) is 18.2 Å². The molecule has 108 valence electrons. The lowest BCUT2D eigenvalue weighted by Gasteiger charge is -2.23. The van der Waals surface area contributed by atoms with Crippen molar-refractivity contribution in [1.29, 1.82) is 0 Å². The highest BCUT2D eigenvalue weighted by Gasteiger charge is 2.41. The summed E-state index contributed by atoms with van der Waals surface area (Å²) in [5, 5.41) is 6.94. The summed E-state index contributed by atoms with van der Waals surface area (Å²) in [6, 6.07) is 0.455. The highest BCUT2D eigenvalue weighted by atomic mass is 16.5. The third-order valence-electron chi connectivity index (χ3n) is 4.57. The van der Waals surface area contributed by atoms with Gasteiger partial charge in [0.15, 0.2) is 5.96 Å². The van der Waals surface area contributed by atoms with Crippen LogP contribution < -0.4 is 10.6 Å². The first-order valence-corrected chi connectivity index (χ1v) is 7.70. The van der Waals surface area contributed by atoms with E-state index in [0.717, 1.165) is 25.5 Å². The van der Waals surface area contributed by atoms with Crippen molar-refractivity contribution in [1.82, 2.24) is 15.5 Å². The zero-order chi connectivity index (χ0) is 13.1. The number of ether oxygens (including phenoxy) is 1. The molecule has 2 bridgehead atoms. The van der Waals surface area contributed by atoms with Crippen LogP contribution in [0.1, 0.15) is 32.1 Å². The Hall–Kier alpha value is -0.810. The van der Waals surface area contributed by atoms with Gasteiger partial charge in [-0.05, 0) is 45.2 Å². The molecule has 3 rings (SSSR count). The van der Waals surface area contributed by atoms with E-state index in [-0.39, 0.29) is 0 Å². The predicted octanol–water partition coefficient (Wildman–Crippen LogP) is 0.567. The second-order valence-electron chi connectivity index (χ2n) is 5.91. The van der Waals surface area contributed by atoms with Crippen molar-refractivity contribution in [2.45, 2.75) is 50.4 Å². The second kappa shape index (κ2) is 6.09. The van der Waals surface area contributed by atoms with Crippen molar-refractivity contribution >= 4 is 5.96 Å². The third kappa shape index (κ3) is 3.20. The van der Waals surface area contributed by atoms with E-state index in [1.165, 1.54) is 38.8 Å². The third-order valence-corrected chi connectivity index (χ3v) is 4.57. The smallest absolute Gasteiger partial charge is 0.191 e. The molecule has 3 saturated heterocycles. The van der Waals surface area contributed by atoms with Crippen molar-refractivity contribution in [2.75, 3.05) is 33.2 Å². The van der Waals surface area contributed by atoms with Crippen LogP contribution in [0.15, 0.2) is 4.99 Å². The molecule has 0 aliphatic carbocycles. The number of guanidine groups is 1. The zero-order valence-corrected chi connectivity index (χ0v) is 11.9. The Kier molecular flexibility index (Phi) is 4.23. The first kappa shape index (κ1) is 13.2. The minimum atomic E-state index is 0.405. The molecule has 3 unspecified atom stereocenters. The van der Waals surface area contributed by atoms with E-state index in [1.807, 2.05) is 7.05 Å². The lowest BCUT2D eigenvalue weighted by atomic mass is 9.96. The molecule has 0 radical (unpaired) electrons. The first-order chi connectivity index (χ1) is 9.35. The number of nitrogens with one attached hydrogen (secondary N) is 2. The number of aliphatic imine (C=N–C) groups is 1. The van der Waals surface area contributed by atoms with Crippen LogP contribution in [0.3, 0.4) is 0 Å². The maximum atomic E-state index is 5.86. The Balaban J connectivity index is 1.38. The molecule has 0 aromatic rings. The van der Waals surface area contributed by atoms with E-state index in [0.29, 0.717) is 18.2 Å². The fourth-order valence-electron chi connectivity index (χ4n) is 3.50. The van der Waals surface area contributed by atoms with Crippen LogP contribution in [0, 0.1) is 0 Å². The number of hydrogen-bond donors (Lipinski definition) is 2. The monoisotopic (exact) mass is 266 g/mol. The Morgan fingerprint density at radius 1 is 1.32 bits per heavy atom. The SMILES string of the molecule is CN=C(NCCN1CCCC1)NC1CC2CCC1O2. The van der Waals surface area contributed by atoms with Crippen molar-refractivity contribution in [3.8, 4) is 0 Å². The van der Waals surface area contributed by atoms with Gasteiger partial charge in [-0.25, -0.2) is 0 Å².